The van der Waals surface area contributed by atoms with Gasteiger partial charge < -0.3 is 4.57 Å². The molecule has 0 bridgehead atoms. The first kappa shape index (κ1) is 11.3. The van der Waals surface area contributed by atoms with Crippen LogP contribution in [0.2, 0.25) is 0 Å². The standard InChI is InChI=1S/C11H11BrFN3/c1-7(2)16-6-14-15-11(16)9-5-8(12)3-4-10(9)13/h3-7H,1-2H3. The Labute approximate surface area is 101 Å². The fourth-order valence-electron chi connectivity index (χ4n) is 1.48. The Balaban J connectivity index is 2.58. The van der Waals surface area contributed by atoms with Gasteiger partial charge in [-0.2, -0.15) is 0 Å². The van der Waals surface area contributed by atoms with Gasteiger partial charge >= 0.3 is 0 Å². The third kappa shape index (κ3) is 2.00. The molecule has 0 unspecified atom stereocenters. The van der Waals surface area contributed by atoms with Gasteiger partial charge in [0.15, 0.2) is 5.82 Å². The van der Waals surface area contributed by atoms with Gasteiger partial charge in [0.05, 0.1) is 5.56 Å². The minimum absolute atomic E-state index is 0.198. The molecular formula is C11H11BrFN3. The minimum Gasteiger partial charge on any atom is -0.311 e. The molecule has 0 saturated heterocycles. The molecule has 0 fully saturated rings. The van der Waals surface area contributed by atoms with Crippen LogP contribution in [0.1, 0.15) is 19.9 Å². The van der Waals surface area contributed by atoms with Gasteiger partial charge in [0.2, 0.25) is 0 Å². The van der Waals surface area contributed by atoms with Crippen molar-refractivity contribution in [2.75, 3.05) is 0 Å². The highest BCUT2D eigenvalue weighted by Crippen LogP contribution is 2.26. The molecule has 0 amide bonds. The monoisotopic (exact) mass is 283 g/mol. The van der Waals surface area contributed by atoms with E-state index < -0.39 is 0 Å². The van der Waals surface area contributed by atoms with Crippen LogP contribution in [0.15, 0.2) is 29.0 Å². The molecule has 0 N–H and O–H groups in total. The van der Waals surface area contributed by atoms with E-state index >= 15 is 0 Å². The summed E-state index contributed by atoms with van der Waals surface area (Å²) < 4.78 is 16.3. The van der Waals surface area contributed by atoms with E-state index in [1.807, 2.05) is 18.4 Å². The van der Waals surface area contributed by atoms with E-state index in [4.69, 9.17) is 0 Å². The summed E-state index contributed by atoms with van der Waals surface area (Å²) in [6, 6.07) is 4.98. The summed E-state index contributed by atoms with van der Waals surface area (Å²) >= 11 is 3.32. The average Bonchev–Trinajstić information content (AvgIpc) is 2.70. The van der Waals surface area contributed by atoms with Crippen LogP contribution in [0.5, 0.6) is 0 Å². The van der Waals surface area contributed by atoms with Crippen LogP contribution in [0.4, 0.5) is 4.39 Å². The predicted octanol–water partition coefficient (Wildman–Crippen LogP) is 3.43. The average molecular weight is 284 g/mol. The van der Waals surface area contributed by atoms with Crippen LogP contribution >= 0.6 is 15.9 Å². The molecular weight excluding hydrogens is 273 g/mol. The number of aromatic nitrogens is 3. The zero-order valence-corrected chi connectivity index (χ0v) is 10.6. The fourth-order valence-corrected chi connectivity index (χ4v) is 1.84. The first-order valence-corrected chi connectivity index (χ1v) is 5.74. The summed E-state index contributed by atoms with van der Waals surface area (Å²) in [5.41, 5.74) is 0.459. The molecule has 1 heterocycles. The highest BCUT2D eigenvalue weighted by atomic mass is 79.9. The molecule has 2 aromatic rings. The number of halogens is 2. The Bertz CT molecular complexity index is 508. The van der Waals surface area contributed by atoms with Crippen molar-refractivity contribution in [3.8, 4) is 11.4 Å². The lowest BCUT2D eigenvalue weighted by atomic mass is 10.2. The normalized spacial score (nSPS) is 11.1. The Morgan fingerprint density at radius 3 is 2.81 bits per heavy atom. The van der Waals surface area contributed by atoms with E-state index in [9.17, 15) is 4.39 Å². The SMILES string of the molecule is CC(C)n1cnnc1-c1cc(Br)ccc1F. The largest absolute Gasteiger partial charge is 0.311 e. The first-order chi connectivity index (χ1) is 7.59. The molecule has 1 aromatic carbocycles. The maximum absolute atomic E-state index is 13.7. The molecule has 84 valence electrons. The van der Waals surface area contributed by atoms with Gasteiger partial charge in [-0.25, -0.2) is 4.39 Å². The van der Waals surface area contributed by atoms with Crippen molar-refractivity contribution >= 4 is 15.9 Å². The van der Waals surface area contributed by atoms with Crippen molar-refractivity contribution in [3.63, 3.8) is 0 Å². The lowest BCUT2D eigenvalue weighted by molar-refractivity contribution is 0.594. The van der Waals surface area contributed by atoms with Gasteiger partial charge in [-0.1, -0.05) is 15.9 Å². The number of nitrogens with zero attached hydrogens (tertiary/aromatic N) is 3. The Morgan fingerprint density at radius 1 is 1.38 bits per heavy atom. The second kappa shape index (κ2) is 4.33. The van der Waals surface area contributed by atoms with Crippen LogP contribution in [-0.4, -0.2) is 14.8 Å². The number of rotatable bonds is 2. The molecule has 0 saturated carbocycles. The minimum atomic E-state index is -0.293. The van der Waals surface area contributed by atoms with Gasteiger partial charge in [0.25, 0.3) is 0 Å². The quantitative estimate of drug-likeness (QED) is 0.846. The number of hydrogen-bond donors (Lipinski definition) is 0. The van der Waals surface area contributed by atoms with Gasteiger partial charge in [-0.15, -0.1) is 10.2 Å². The van der Waals surface area contributed by atoms with Crippen molar-refractivity contribution in [2.45, 2.75) is 19.9 Å². The lowest BCUT2D eigenvalue weighted by Gasteiger charge is -2.10. The second-order valence-corrected chi connectivity index (χ2v) is 4.70. The Morgan fingerprint density at radius 2 is 2.12 bits per heavy atom. The maximum Gasteiger partial charge on any atom is 0.166 e. The number of hydrogen-bond acceptors (Lipinski definition) is 2. The third-order valence-electron chi connectivity index (χ3n) is 2.30. The van der Waals surface area contributed by atoms with Crippen molar-refractivity contribution in [2.24, 2.45) is 0 Å². The molecule has 5 heteroatoms. The molecule has 1 aromatic heterocycles. The first-order valence-electron chi connectivity index (χ1n) is 4.94. The number of benzene rings is 1. The van der Waals surface area contributed by atoms with Crippen molar-refractivity contribution in [1.82, 2.24) is 14.8 Å². The zero-order chi connectivity index (χ0) is 11.7. The van der Waals surface area contributed by atoms with Crippen molar-refractivity contribution in [1.29, 1.82) is 0 Å². The zero-order valence-electron chi connectivity index (χ0n) is 8.98. The summed E-state index contributed by atoms with van der Waals surface area (Å²) in [4.78, 5) is 0. The molecule has 0 atom stereocenters. The van der Waals surface area contributed by atoms with Crippen LogP contribution < -0.4 is 0 Å². The Hall–Kier alpha value is -1.23. The van der Waals surface area contributed by atoms with Crippen LogP contribution in [0.25, 0.3) is 11.4 Å². The topological polar surface area (TPSA) is 30.7 Å². The summed E-state index contributed by atoms with van der Waals surface area (Å²) in [6.45, 7) is 4.01. The predicted molar refractivity (Wildman–Crippen MR) is 63.5 cm³/mol. The van der Waals surface area contributed by atoms with E-state index in [1.54, 1.807) is 18.5 Å². The summed E-state index contributed by atoms with van der Waals surface area (Å²) in [5.74, 6) is 0.256. The molecule has 3 nitrogen and oxygen atoms in total. The molecule has 0 radical (unpaired) electrons. The smallest absolute Gasteiger partial charge is 0.166 e. The fraction of sp³-hybridized carbons (Fsp3) is 0.273. The molecule has 0 aliphatic carbocycles. The van der Waals surface area contributed by atoms with E-state index in [-0.39, 0.29) is 11.9 Å². The molecule has 0 aliphatic rings. The van der Waals surface area contributed by atoms with E-state index in [0.29, 0.717) is 11.4 Å². The second-order valence-electron chi connectivity index (χ2n) is 3.78. The highest BCUT2D eigenvalue weighted by molar-refractivity contribution is 9.10. The lowest BCUT2D eigenvalue weighted by Crippen LogP contribution is -2.02. The van der Waals surface area contributed by atoms with E-state index in [2.05, 4.69) is 26.1 Å². The van der Waals surface area contributed by atoms with Crippen LogP contribution in [0.3, 0.4) is 0 Å². The van der Waals surface area contributed by atoms with Crippen LogP contribution in [0, 0.1) is 5.82 Å². The molecule has 16 heavy (non-hydrogen) atoms. The van der Waals surface area contributed by atoms with Crippen molar-refractivity contribution in [3.05, 3.63) is 34.8 Å². The summed E-state index contributed by atoms with van der Waals surface area (Å²) in [6.07, 6.45) is 1.61. The molecule has 0 spiro atoms. The maximum atomic E-state index is 13.7. The third-order valence-corrected chi connectivity index (χ3v) is 2.79. The van der Waals surface area contributed by atoms with E-state index in [1.165, 1.54) is 6.07 Å². The van der Waals surface area contributed by atoms with Gasteiger partial charge in [-0.05, 0) is 32.0 Å². The van der Waals surface area contributed by atoms with Crippen LogP contribution in [-0.2, 0) is 0 Å². The molecule has 0 aliphatic heterocycles. The van der Waals surface area contributed by atoms with Crippen molar-refractivity contribution < 1.29 is 4.39 Å². The highest BCUT2D eigenvalue weighted by Gasteiger charge is 2.14. The summed E-state index contributed by atoms with van der Waals surface area (Å²) in [5, 5.41) is 7.78. The van der Waals surface area contributed by atoms with Gasteiger partial charge in [0, 0.05) is 10.5 Å². The van der Waals surface area contributed by atoms with Gasteiger partial charge in [-0.3, -0.25) is 0 Å². The molecule has 2 rings (SSSR count). The van der Waals surface area contributed by atoms with E-state index in [0.717, 1.165) is 4.47 Å². The summed E-state index contributed by atoms with van der Waals surface area (Å²) in [7, 11) is 0. The Kier molecular flexibility index (Phi) is 3.05. The van der Waals surface area contributed by atoms with Gasteiger partial charge in [0.1, 0.15) is 12.1 Å².